The molecule has 94 valence electrons. The molecule has 2 bridgehead atoms. The molecule has 3 nitrogen and oxygen atoms in total. The normalized spacial score (nSPS) is 30.4. The van der Waals surface area contributed by atoms with Gasteiger partial charge in [-0.3, -0.25) is 0 Å². The zero-order chi connectivity index (χ0) is 12.3. The van der Waals surface area contributed by atoms with Crippen molar-refractivity contribution >= 4 is 32.9 Å². The smallest absolute Gasteiger partial charge is 0.201 e. The summed E-state index contributed by atoms with van der Waals surface area (Å²) in [6.07, 6.45) is 5.45. The summed E-state index contributed by atoms with van der Waals surface area (Å²) >= 11 is 3.54. The van der Waals surface area contributed by atoms with Gasteiger partial charge in [0, 0.05) is 10.5 Å². The molecule has 2 fully saturated rings. The van der Waals surface area contributed by atoms with Crippen LogP contribution < -0.4 is 5.73 Å². The van der Waals surface area contributed by atoms with Crippen molar-refractivity contribution < 1.29 is 0 Å². The van der Waals surface area contributed by atoms with E-state index >= 15 is 0 Å². The Morgan fingerprint density at radius 2 is 2.17 bits per heavy atom. The van der Waals surface area contributed by atoms with Crippen molar-refractivity contribution in [1.82, 2.24) is 9.55 Å². The molecule has 0 amide bonds. The van der Waals surface area contributed by atoms with Gasteiger partial charge < -0.3 is 10.3 Å². The van der Waals surface area contributed by atoms with Gasteiger partial charge in [-0.1, -0.05) is 22.4 Å². The van der Waals surface area contributed by atoms with Gasteiger partial charge in [-0.05, 0) is 49.3 Å². The Bertz CT molecular complexity index is 619. The molecule has 0 saturated heterocycles. The van der Waals surface area contributed by atoms with Gasteiger partial charge in [0.15, 0.2) is 0 Å². The number of benzene rings is 1. The number of fused-ring (bicyclic) bond motifs is 3. The zero-order valence-electron chi connectivity index (χ0n) is 10.1. The predicted octanol–water partition coefficient (Wildman–Crippen LogP) is 3.74. The lowest BCUT2D eigenvalue weighted by molar-refractivity contribution is 0.339. The highest BCUT2D eigenvalue weighted by molar-refractivity contribution is 9.10. The van der Waals surface area contributed by atoms with Gasteiger partial charge in [-0.15, -0.1) is 0 Å². The van der Waals surface area contributed by atoms with Crippen LogP contribution >= 0.6 is 15.9 Å². The second-order valence-electron chi connectivity index (χ2n) is 5.72. The molecule has 1 aromatic carbocycles. The van der Waals surface area contributed by atoms with Gasteiger partial charge in [0.1, 0.15) is 0 Å². The fraction of sp³-hybridized carbons (Fsp3) is 0.500. The highest BCUT2D eigenvalue weighted by atomic mass is 79.9. The number of nitrogen functional groups attached to an aromatic ring is 1. The van der Waals surface area contributed by atoms with Crippen LogP contribution in [0.4, 0.5) is 5.95 Å². The maximum Gasteiger partial charge on any atom is 0.201 e. The lowest BCUT2D eigenvalue weighted by atomic mass is 9.95. The Hall–Kier alpha value is -1.03. The minimum Gasteiger partial charge on any atom is -0.369 e. The first-order valence-electron chi connectivity index (χ1n) is 6.65. The highest BCUT2D eigenvalue weighted by Crippen LogP contribution is 2.52. The molecular weight excluding hydrogens is 290 g/mol. The van der Waals surface area contributed by atoms with E-state index in [1.807, 2.05) is 12.1 Å². The molecule has 2 aromatic rings. The lowest BCUT2D eigenvalue weighted by Gasteiger charge is -2.24. The maximum atomic E-state index is 6.15. The molecule has 3 unspecified atom stereocenters. The SMILES string of the molecule is Nc1nc2ccc(Br)cc2n1C1CC2CCC1C2. The second kappa shape index (κ2) is 3.73. The van der Waals surface area contributed by atoms with E-state index in [0.29, 0.717) is 12.0 Å². The van der Waals surface area contributed by atoms with Gasteiger partial charge in [-0.25, -0.2) is 4.98 Å². The van der Waals surface area contributed by atoms with Gasteiger partial charge >= 0.3 is 0 Å². The van der Waals surface area contributed by atoms with Crippen molar-refractivity contribution in [1.29, 1.82) is 0 Å². The Morgan fingerprint density at radius 3 is 2.89 bits per heavy atom. The first kappa shape index (κ1) is 10.9. The molecule has 2 saturated carbocycles. The van der Waals surface area contributed by atoms with Gasteiger partial charge in [-0.2, -0.15) is 0 Å². The minimum atomic E-state index is 0.572. The third-order valence-corrected chi connectivity index (χ3v) is 5.20. The van der Waals surface area contributed by atoms with Crippen molar-refractivity contribution in [2.75, 3.05) is 5.73 Å². The highest BCUT2D eigenvalue weighted by Gasteiger charge is 2.41. The van der Waals surface area contributed by atoms with Crippen molar-refractivity contribution in [2.45, 2.75) is 31.7 Å². The summed E-state index contributed by atoms with van der Waals surface area (Å²) in [6.45, 7) is 0. The number of halogens is 1. The van der Waals surface area contributed by atoms with E-state index in [2.05, 4.69) is 31.5 Å². The summed E-state index contributed by atoms with van der Waals surface area (Å²) in [4.78, 5) is 4.50. The molecule has 2 N–H and O–H groups in total. The molecular formula is C14H16BrN3. The molecule has 0 aliphatic heterocycles. The van der Waals surface area contributed by atoms with Gasteiger partial charge in [0.05, 0.1) is 11.0 Å². The van der Waals surface area contributed by atoms with Crippen LogP contribution in [0.1, 0.15) is 31.7 Å². The van der Waals surface area contributed by atoms with Crippen LogP contribution in [0.5, 0.6) is 0 Å². The monoisotopic (exact) mass is 305 g/mol. The molecule has 4 rings (SSSR count). The number of imidazole rings is 1. The van der Waals surface area contributed by atoms with Crippen LogP contribution in [-0.4, -0.2) is 9.55 Å². The molecule has 18 heavy (non-hydrogen) atoms. The molecule has 0 spiro atoms. The summed E-state index contributed by atoms with van der Waals surface area (Å²) in [6, 6.07) is 6.78. The number of rotatable bonds is 1. The average molecular weight is 306 g/mol. The van der Waals surface area contributed by atoms with E-state index in [4.69, 9.17) is 5.73 Å². The first-order chi connectivity index (χ1) is 8.72. The molecule has 0 radical (unpaired) electrons. The fourth-order valence-corrected chi connectivity index (χ4v) is 4.31. The average Bonchev–Trinajstić information content (AvgIpc) is 3.01. The largest absolute Gasteiger partial charge is 0.369 e. The van der Waals surface area contributed by atoms with Crippen LogP contribution in [0.15, 0.2) is 22.7 Å². The predicted molar refractivity (Wildman–Crippen MR) is 76.3 cm³/mol. The Labute approximate surface area is 115 Å². The van der Waals surface area contributed by atoms with Crippen molar-refractivity contribution in [3.63, 3.8) is 0 Å². The van der Waals surface area contributed by atoms with E-state index in [0.717, 1.165) is 21.8 Å². The second-order valence-corrected chi connectivity index (χ2v) is 6.63. The van der Waals surface area contributed by atoms with Crippen molar-refractivity contribution in [3.8, 4) is 0 Å². The Balaban J connectivity index is 1.88. The number of aromatic nitrogens is 2. The van der Waals surface area contributed by atoms with E-state index in [1.165, 1.54) is 31.2 Å². The third kappa shape index (κ3) is 1.44. The number of anilines is 1. The molecule has 2 aliphatic carbocycles. The number of nitrogens with two attached hydrogens (primary N) is 1. The van der Waals surface area contributed by atoms with E-state index in [-0.39, 0.29) is 0 Å². The van der Waals surface area contributed by atoms with Crippen molar-refractivity contribution in [2.24, 2.45) is 11.8 Å². The Kier molecular flexibility index (Phi) is 2.25. The van der Waals surface area contributed by atoms with Crippen molar-refractivity contribution in [3.05, 3.63) is 22.7 Å². The van der Waals surface area contributed by atoms with Crippen LogP contribution in [0, 0.1) is 11.8 Å². The molecule has 2 aliphatic rings. The summed E-state index contributed by atoms with van der Waals surface area (Å²) in [5.41, 5.74) is 8.34. The summed E-state index contributed by atoms with van der Waals surface area (Å²) in [7, 11) is 0. The molecule has 1 heterocycles. The van der Waals surface area contributed by atoms with Crippen LogP contribution in [0.25, 0.3) is 11.0 Å². The van der Waals surface area contributed by atoms with E-state index < -0.39 is 0 Å². The quantitative estimate of drug-likeness (QED) is 0.872. The topological polar surface area (TPSA) is 43.8 Å². The van der Waals surface area contributed by atoms with Gasteiger partial charge in [0.2, 0.25) is 5.95 Å². The Morgan fingerprint density at radius 1 is 1.28 bits per heavy atom. The third-order valence-electron chi connectivity index (χ3n) is 4.71. The minimum absolute atomic E-state index is 0.572. The number of hydrogen-bond donors (Lipinski definition) is 1. The summed E-state index contributed by atoms with van der Waals surface area (Å²) < 4.78 is 3.38. The van der Waals surface area contributed by atoms with Crippen LogP contribution in [-0.2, 0) is 0 Å². The molecule has 3 atom stereocenters. The van der Waals surface area contributed by atoms with Crippen LogP contribution in [0.2, 0.25) is 0 Å². The lowest BCUT2D eigenvalue weighted by Crippen LogP contribution is -2.17. The summed E-state index contributed by atoms with van der Waals surface area (Å²) in [5, 5.41) is 0. The van der Waals surface area contributed by atoms with Gasteiger partial charge in [0.25, 0.3) is 0 Å². The summed E-state index contributed by atoms with van der Waals surface area (Å²) in [5.74, 6) is 2.42. The van der Waals surface area contributed by atoms with Crippen LogP contribution in [0.3, 0.4) is 0 Å². The maximum absolute atomic E-state index is 6.15. The van der Waals surface area contributed by atoms with E-state index in [1.54, 1.807) is 0 Å². The van der Waals surface area contributed by atoms with E-state index in [9.17, 15) is 0 Å². The zero-order valence-corrected chi connectivity index (χ0v) is 11.7. The standard InChI is InChI=1S/C14H16BrN3/c15-10-3-4-11-13(7-10)18(14(16)17-11)12-6-8-1-2-9(12)5-8/h3-4,7-9,12H,1-2,5-6H2,(H2,16,17). The number of hydrogen-bond acceptors (Lipinski definition) is 2. The first-order valence-corrected chi connectivity index (χ1v) is 7.44. The molecule has 1 aromatic heterocycles. The number of nitrogens with zero attached hydrogens (tertiary/aromatic N) is 2. The fourth-order valence-electron chi connectivity index (χ4n) is 3.96. The molecule has 4 heteroatoms.